The molecular weight excluding hydrogens is 434 g/mol. The van der Waals surface area contributed by atoms with Crippen molar-refractivity contribution in [3.8, 4) is 5.75 Å². The highest BCUT2D eigenvalue weighted by molar-refractivity contribution is 7.90. The first-order valence-electron chi connectivity index (χ1n) is 9.94. The molecule has 2 aromatic carbocycles. The summed E-state index contributed by atoms with van der Waals surface area (Å²) in [6.07, 6.45) is 0.702. The van der Waals surface area contributed by atoms with Gasteiger partial charge in [0.1, 0.15) is 16.2 Å². The molecule has 0 atom stereocenters. The minimum atomic E-state index is -4.32. The van der Waals surface area contributed by atoms with Crippen LogP contribution in [0.2, 0.25) is 0 Å². The van der Waals surface area contributed by atoms with E-state index in [-0.39, 0.29) is 33.3 Å². The number of anilines is 1. The topological polar surface area (TPSA) is 138 Å². The number of nitrogens with zero attached hydrogens (tertiary/aromatic N) is 2. The van der Waals surface area contributed by atoms with Crippen LogP contribution in [0.25, 0.3) is 10.9 Å². The second-order valence-electron chi connectivity index (χ2n) is 7.94. The molecule has 166 valence electrons. The molecule has 0 spiro atoms. The fourth-order valence-electron chi connectivity index (χ4n) is 3.61. The number of amidine groups is 1. The smallest absolute Gasteiger partial charge is 0.335 e. The van der Waals surface area contributed by atoms with Crippen molar-refractivity contribution in [1.29, 1.82) is 0 Å². The number of aromatic hydroxyl groups is 1. The summed E-state index contributed by atoms with van der Waals surface area (Å²) >= 11 is 0. The Balaban J connectivity index is 1.94. The van der Waals surface area contributed by atoms with Crippen molar-refractivity contribution in [1.82, 2.24) is 4.57 Å². The molecule has 0 saturated heterocycles. The van der Waals surface area contributed by atoms with E-state index in [1.54, 1.807) is 24.3 Å². The summed E-state index contributed by atoms with van der Waals surface area (Å²) in [7, 11) is -4.32. The second kappa shape index (κ2) is 7.79. The molecule has 10 heteroatoms. The number of nitrogens with one attached hydrogen (secondary N) is 1. The first kappa shape index (κ1) is 21.6. The van der Waals surface area contributed by atoms with Gasteiger partial charge in [-0.3, -0.25) is 4.79 Å². The third kappa shape index (κ3) is 3.62. The standard InChI is InChI=1S/C22H21N3O6S/c1-12(2)9-10-25-16-6-4-3-5-14(16)19(26)18(21(25)27)20-23-15-8-7-13(22(28)29)11-17(15)32(30,31)24-20/h3-8,11-12,26H,9-10H2,1-2H3,(H,23,24)(H,28,29). The summed E-state index contributed by atoms with van der Waals surface area (Å²) in [5, 5.41) is 23.2. The fraction of sp³-hybridized carbons (Fsp3) is 0.227. The number of sulfonamides is 1. The third-order valence-electron chi connectivity index (χ3n) is 5.28. The van der Waals surface area contributed by atoms with Gasteiger partial charge in [-0.05, 0) is 42.7 Å². The van der Waals surface area contributed by atoms with Gasteiger partial charge >= 0.3 is 5.97 Å². The number of carbonyl (C=O) groups is 1. The molecule has 2 heterocycles. The van der Waals surface area contributed by atoms with E-state index in [0.29, 0.717) is 29.8 Å². The predicted molar refractivity (Wildman–Crippen MR) is 120 cm³/mol. The third-order valence-corrected chi connectivity index (χ3v) is 6.60. The Kier molecular flexibility index (Phi) is 5.25. The number of carboxylic acid groups (broad SMARTS) is 1. The normalized spacial score (nSPS) is 14.7. The zero-order chi connectivity index (χ0) is 23.2. The van der Waals surface area contributed by atoms with Gasteiger partial charge in [-0.15, -0.1) is 4.40 Å². The van der Waals surface area contributed by atoms with Crippen LogP contribution in [-0.4, -0.2) is 35.0 Å². The van der Waals surface area contributed by atoms with E-state index in [2.05, 4.69) is 9.71 Å². The SMILES string of the molecule is CC(C)CCn1c(=O)c(C2=NS(=O)(=O)c3cc(C(=O)O)ccc3N2)c(O)c2ccccc21. The van der Waals surface area contributed by atoms with Crippen LogP contribution in [0.1, 0.15) is 36.2 Å². The molecule has 0 fully saturated rings. The maximum Gasteiger partial charge on any atom is 0.335 e. The number of hydrogen-bond acceptors (Lipinski definition) is 6. The average Bonchev–Trinajstić information content (AvgIpc) is 2.73. The van der Waals surface area contributed by atoms with Crippen molar-refractivity contribution < 1.29 is 23.4 Å². The molecule has 0 unspecified atom stereocenters. The zero-order valence-electron chi connectivity index (χ0n) is 17.4. The van der Waals surface area contributed by atoms with E-state index in [1.165, 1.54) is 16.7 Å². The van der Waals surface area contributed by atoms with Crippen LogP contribution in [0.5, 0.6) is 5.75 Å². The molecular formula is C22H21N3O6S. The Labute approximate surface area is 183 Å². The maximum atomic E-state index is 13.4. The number of para-hydroxylation sites is 1. The van der Waals surface area contributed by atoms with Gasteiger partial charge in [0, 0.05) is 11.9 Å². The minimum absolute atomic E-state index is 0.0701. The quantitative estimate of drug-likeness (QED) is 0.537. The lowest BCUT2D eigenvalue weighted by molar-refractivity contribution is 0.0696. The van der Waals surface area contributed by atoms with Crippen molar-refractivity contribution >= 4 is 38.4 Å². The van der Waals surface area contributed by atoms with Crippen LogP contribution >= 0.6 is 0 Å². The number of aryl methyl sites for hydroxylation is 1. The number of fused-ring (bicyclic) bond motifs is 2. The molecule has 1 aromatic heterocycles. The molecule has 0 amide bonds. The van der Waals surface area contributed by atoms with Gasteiger partial charge in [0.2, 0.25) is 0 Å². The molecule has 9 nitrogen and oxygen atoms in total. The van der Waals surface area contributed by atoms with E-state index in [0.717, 1.165) is 6.07 Å². The summed E-state index contributed by atoms with van der Waals surface area (Å²) in [5.41, 5.74) is -0.443. The first-order valence-corrected chi connectivity index (χ1v) is 11.4. The van der Waals surface area contributed by atoms with Crippen LogP contribution < -0.4 is 10.9 Å². The van der Waals surface area contributed by atoms with Crippen molar-refractivity contribution in [2.24, 2.45) is 10.3 Å². The lowest BCUT2D eigenvalue weighted by atomic mass is 10.1. The van der Waals surface area contributed by atoms with Gasteiger partial charge < -0.3 is 20.1 Å². The Morgan fingerprint density at radius 3 is 2.59 bits per heavy atom. The van der Waals surface area contributed by atoms with Crippen LogP contribution in [-0.2, 0) is 16.6 Å². The Bertz CT molecular complexity index is 1450. The van der Waals surface area contributed by atoms with Gasteiger partial charge in [0.25, 0.3) is 15.6 Å². The van der Waals surface area contributed by atoms with Crippen molar-refractivity contribution in [3.05, 3.63) is 63.9 Å². The predicted octanol–water partition coefficient (Wildman–Crippen LogP) is 3.01. The van der Waals surface area contributed by atoms with Crippen molar-refractivity contribution in [3.63, 3.8) is 0 Å². The lowest BCUT2D eigenvalue weighted by Gasteiger charge is -2.21. The molecule has 0 radical (unpaired) electrons. The second-order valence-corrected chi connectivity index (χ2v) is 9.51. The molecule has 4 rings (SSSR count). The summed E-state index contributed by atoms with van der Waals surface area (Å²) in [4.78, 5) is 24.3. The maximum absolute atomic E-state index is 13.4. The molecule has 3 N–H and O–H groups in total. The highest BCUT2D eigenvalue weighted by Gasteiger charge is 2.30. The summed E-state index contributed by atoms with van der Waals surface area (Å²) < 4.78 is 30.8. The number of pyridine rings is 1. The van der Waals surface area contributed by atoms with Gasteiger partial charge in [0.05, 0.1) is 16.8 Å². The molecule has 3 aromatic rings. The Morgan fingerprint density at radius 2 is 1.91 bits per heavy atom. The summed E-state index contributed by atoms with van der Waals surface area (Å²) in [5.74, 6) is -1.65. The molecule has 32 heavy (non-hydrogen) atoms. The monoisotopic (exact) mass is 455 g/mol. The van der Waals surface area contributed by atoms with E-state index >= 15 is 0 Å². The van der Waals surface area contributed by atoms with Crippen LogP contribution in [0.15, 0.2) is 56.6 Å². The van der Waals surface area contributed by atoms with Crippen molar-refractivity contribution in [2.75, 3.05) is 5.32 Å². The van der Waals surface area contributed by atoms with Gasteiger partial charge in [-0.1, -0.05) is 26.0 Å². The zero-order valence-corrected chi connectivity index (χ0v) is 18.2. The molecule has 1 aliphatic rings. The highest BCUT2D eigenvalue weighted by atomic mass is 32.2. The molecule has 0 aliphatic carbocycles. The molecule has 0 bridgehead atoms. The van der Waals surface area contributed by atoms with Gasteiger partial charge in [-0.25, -0.2) is 4.79 Å². The van der Waals surface area contributed by atoms with Crippen molar-refractivity contribution in [2.45, 2.75) is 31.7 Å². The number of aromatic nitrogens is 1. The number of hydrogen-bond donors (Lipinski definition) is 3. The summed E-state index contributed by atoms with van der Waals surface area (Å²) in [6, 6.07) is 10.4. The van der Waals surface area contributed by atoms with Crippen LogP contribution in [0.4, 0.5) is 5.69 Å². The molecule has 1 aliphatic heterocycles. The highest BCUT2D eigenvalue weighted by Crippen LogP contribution is 2.33. The molecule has 0 saturated carbocycles. The largest absolute Gasteiger partial charge is 0.506 e. The number of aromatic carboxylic acids is 1. The Hall–Kier alpha value is -3.66. The van der Waals surface area contributed by atoms with Gasteiger partial charge in [-0.2, -0.15) is 8.42 Å². The van der Waals surface area contributed by atoms with E-state index in [9.17, 15) is 23.1 Å². The Morgan fingerprint density at radius 1 is 1.19 bits per heavy atom. The summed E-state index contributed by atoms with van der Waals surface area (Å²) in [6.45, 7) is 4.43. The van der Waals surface area contributed by atoms with E-state index in [1.807, 2.05) is 13.8 Å². The van der Waals surface area contributed by atoms with Crippen LogP contribution in [0.3, 0.4) is 0 Å². The number of carboxylic acids is 1. The van der Waals surface area contributed by atoms with E-state index < -0.39 is 21.6 Å². The average molecular weight is 455 g/mol. The van der Waals surface area contributed by atoms with Crippen LogP contribution in [0, 0.1) is 5.92 Å². The number of rotatable bonds is 5. The van der Waals surface area contributed by atoms with Gasteiger partial charge in [0.15, 0.2) is 5.84 Å². The van der Waals surface area contributed by atoms with E-state index in [4.69, 9.17) is 5.11 Å². The fourth-order valence-corrected chi connectivity index (χ4v) is 4.76. The minimum Gasteiger partial charge on any atom is -0.506 e. The lowest BCUT2D eigenvalue weighted by Crippen LogP contribution is -2.33. The number of benzene rings is 2. The first-order chi connectivity index (χ1) is 15.1.